The van der Waals surface area contributed by atoms with Crippen molar-refractivity contribution in [2.24, 2.45) is 0 Å². The highest BCUT2D eigenvalue weighted by Crippen LogP contribution is 2.07. The number of hydrogen-bond donors (Lipinski definition) is 0. The van der Waals surface area contributed by atoms with Gasteiger partial charge in [0.25, 0.3) is 0 Å². The number of aromatic nitrogens is 1. The van der Waals surface area contributed by atoms with Crippen LogP contribution in [0.4, 0.5) is 0 Å². The van der Waals surface area contributed by atoms with Gasteiger partial charge in [-0.05, 0) is 22.9 Å². The van der Waals surface area contributed by atoms with Crippen molar-refractivity contribution in [2.45, 2.75) is 0 Å². The molecule has 0 spiro atoms. The fraction of sp³-hybridized carbons (Fsp3) is 0. The molecule has 0 N–H and O–H groups in total. The summed E-state index contributed by atoms with van der Waals surface area (Å²) in [5.74, 6) is 0. The van der Waals surface area contributed by atoms with Gasteiger partial charge >= 0.3 is 0 Å². The van der Waals surface area contributed by atoms with E-state index in [0.717, 1.165) is 5.52 Å². The summed E-state index contributed by atoms with van der Waals surface area (Å²) in [6.45, 7) is 0. The first kappa shape index (κ1) is 12.9. The maximum absolute atomic E-state index is 4.18. The van der Waals surface area contributed by atoms with E-state index in [1.165, 1.54) is 5.39 Å². The Labute approximate surface area is 110 Å². The Bertz CT molecular complexity index is 425. The molecule has 0 aliphatic rings. The van der Waals surface area contributed by atoms with E-state index in [-0.39, 0.29) is 17.0 Å². The maximum atomic E-state index is 4.18. The lowest BCUT2D eigenvalue weighted by molar-refractivity contribution is 1.41. The van der Waals surface area contributed by atoms with Crippen molar-refractivity contribution in [2.75, 3.05) is 0 Å². The van der Waals surface area contributed by atoms with Crippen LogP contribution < -0.4 is 0 Å². The normalized spacial score (nSPS) is 8.75. The topological polar surface area (TPSA) is 12.9 Å². The fourth-order valence-corrected chi connectivity index (χ4v) is 1.70. The number of benzene rings is 1. The molecule has 0 saturated carbocycles. The average Bonchev–Trinajstić information content (AvgIpc) is 2.88. The van der Waals surface area contributed by atoms with Gasteiger partial charge in [0.15, 0.2) is 0 Å². The number of pyridine rings is 1. The summed E-state index contributed by atoms with van der Waals surface area (Å²) in [5, 5.41) is 5.28. The standard InChI is InChI=1S/C9H7N.C4H4S.BrH/c1-2-6-9-8(4-1)5-3-7-10-9;1-2-4-5-3-1;/h1-7H;1-4H;1H. The van der Waals surface area contributed by atoms with E-state index in [4.69, 9.17) is 0 Å². The van der Waals surface area contributed by atoms with Crippen LogP contribution in [0.25, 0.3) is 10.9 Å². The molecule has 0 radical (unpaired) electrons. The largest absolute Gasteiger partial charge is 0.256 e. The predicted molar refractivity (Wildman–Crippen MR) is 76.4 cm³/mol. The Morgan fingerprint density at radius 3 is 2.12 bits per heavy atom. The molecule has 3 heteroatoms. The van der Waals surface area contributed by atoms with Crippen molar-refractivity contribution >= 4 is 39.2 Å². The third-order valence-corrected chi connectivity index (χ3v) is 2.57. The first-order valence-electron chi connectivity index (χ1n) is 4.74. The molecule has 0 aliphatic carbocycles. The van der Waals surface area contributed by atoms with E-state index in [1.807, 2.05) is 53.4 Å². The zero-order valence-corrected chi connectivity index (χ0v) is 11.1. The van der Waals surface area contributed by atoms with Crippen LogP contribution in [-0.4, -0.2) is 4.98 Å². The smallest absolute Gasteiger partial charge is 0.0701 e. The van der Waals surface area contributed by atoms with Gasteiger partial charge in [-0.3, -0.25) is 4.98 Å². The van der Waals surface area contributed by atoms with Crippen LogP contribution in [-0.2, 0) is 0 Å². The number of para-hydroxylation sites is 1. The molecule has 0 fully saturated rings. The van der Waals surface area contributed by atoms with Crippen LogP contribution in [0.2, 0.25) is 0 Å². The Morgan fingerprint density at radius 2 is 1.50 bits per heavy atom. The van der Waals surface area contributed by atoms with Crippen LogP contribution in [0.1, 0.15) is 0 Å². The maximum Gasteiger partial charge on any atom is 0.0701 e. The first-order chi connectivity index (χ1) is 7.47. The van der Waals surface area contributed by atoms with Crippen molar-refractivity contribution in [1.29, 1.82) is 0 Å². The lowest BCUT2D eigenvalue weighted by atomic mass is 10.2. The minimum absolute atomic E-state index is 0. The number of halogens is 1. The van der Waals surface area contributed by atoms with Crippen molar-refractivity contribution in [3.05, 3.63) is 65.5 Å². The monoisotopic (exact) mass is 293 g/mol. The Morgan fingerprint density at radius 1 is 0.812 bits per heavy atom. The van der Waals surface area contributed by atoms with Gasteiger partial charge in [-0.15, -0.1) is 17.0 Å². The second-order valence-electron chi connectivity index (χ2n) is 2.99. The average molecular weight is 294 g/mol. The Balaban J connectivity index is 0.000000183. The molecule has 0 saturated heterocycles. The first-order valence-corrected chi connectivity index (χ1v) is 5.68. The second-order valence-corrected chi connectivity index (χ2v) is 3.81. The Kier molecular flexibility index (Phi) is 5.75. The molecular formula is C13H12BrNS. The van der Waals surface area contributed by atoms with Crippen molar-refractivity contribution in [1.82, 2.24) is 4.98 Å². The van der Waals surface area contributed by atoms with Crippen LogP contribution in [0.15, 0.2) is 65.5 Å². The number of nitrogens with zero attached hydrogens (tertiary/aromatic N) is 1. The van der Waals surface area contributed by atoms with E-state index < -0.39 is 0 Å². The third-order valence-electron chi connectivity index (χ3n) is 1.94. The molecule has 3 rings (SSSR count). The lowest BCUT2D eigenvalue weighted by Gasteiger charge is -1.91. The SMILES string of the molecule is Br.c1ccc2ncccc2c1.c1ccsc1. The van der Waals surface area contributed by atoms with Crippen molar-refractivity contribution in [3.63, 3.8) is 0 Å². The van der Waals surface area contributed by atoms with Crippen LogP contribution in [0.3, 0.4) is 0 Å². The summed E-state index contributed by atoms with van der Waals surface area (Å²) >= 11 is 1.71. The molecule has 0 bridgehead atoms. The third kappa shape index (κ3) is 3.76. The number of hydrogen-bond acceptors (Lipinski definition) is 2. The molecule has 1 aromatic carbocycles. The van der Waals surface area contributed by atoms with E-state index in [9.17, 15) is 0 Å². The molecule has 3 aromatic rings. The molecular weight excluding hydrogens is 282 g/mol. The van der Waals surface area contributed by atoms with Gasteiger partial charge in [-0.1, -0.05) is 36.4 Å². The van der Waals surface area contributed by atoms with Gasteiger partial charge in [0.2, 0.25) is 0 Å². The van der Waals surface area contributed by atoms with Gasteiger partial charge in [0.05, 0.1) is 5.52 Å². The van der Waals surface area contributed by atoms with E-state index in [2.05, 4.69) is 17.1 Å². The number of fused-ring (bicyclic) bond motifs is 1. The Hall–Kier alpha value is -1.19. The molecule has 82 valence electrons. The van der Waals surface area contributed by atoms with Gasteiger partial charge in [-0.25, -0.2) is 0 Å². The van der Waals surface area contributed by atoms with E-state index in [1.54, 1.807) is 11.3 Å². The summed E-state index contributed by atoms with van der Waals surface area (Å²) in [5.41, 5.74) is 1.06. The van der Waals surface area contributed by atoms with E-state index >= 15 is 0 Å². The van der Waals surface area contributed by atoms with Crippen molar-refractivity contribution in [3.8, 4) is 0 Å². The summed E-state index contributed by atoms with van der Waals surface area (Å²) < 4.78 is 0. The van der Waals surface area contributed by atoms with Crippen LogP contribution in [0, 0.1) is 0 Å². The molecule has 2 heterocycles. The van der Waals surface area contributed by atoms with Crippen LogP contribution >= 0.6 is 28.3 Å². The minimum atomic E-state index is 0. The molecule has 0 aliphatic heterocycles. The lowest BCUT2D eigenvalue weighted by Crippen LogP contribution is -1.73. The van der Waals surface area contributed by atoms with Crippen molar-refractivity contribution < 1.29 is 0 Å². The summed E-state index contributed by atoms with van der Waals surface area (Å²) in [6.07, 6.45) is 1.81. The summed E-state index contributed by atoms with van der Waals surface area (Å²) in [7, 11) is 0. The van der Waals surface area contributed by atoms with Gasteiger partial charge in [-0.2, -0.15) is 11.3 Å². The molecule has 16 heavy (non-hydrogen) atoms. The zero-order chi connectivity index (χ0) is 10.3. The molecule has 0 unspecified atom stereocenters. The fourth-order valence-electron chi connectivity index (χ4n) is 1.24. The second kappa shape index (κ2) is 7.14. The van der Waals surface area contributed by atoms with Crippen LogP contribution in [0.5, 0.6) is 0 Å². The zero-order valence-electron chi connectivity index (χ0n) is 8.61. The highest BCUT2D eigenvalue weighted by atomic mass is 79.9. The molecule has 1 nitrogen and oxygen atoms in total. The quantitative estimate of drug-likeness (QED) is 0.592. The minimum Gasteiger partial charge on any atom is -0.256 e. The summed E-state index contributed by atoms with van der Waals surface area (Å²) in [4.78, 5) is 4.18. The molecule has 0 atom stereocenters. The number of rotatable bonds is 0. The predicted octanol–water partition coefficient (Wildman–Crippen LogP) is 4.56. The van der Waals surface area contributed by atoms with Gasteiger partial charge < -0.3 is 0 Å². The van der Waals surface area contributed by atoms with Gasteiger partial charge in [0, 0.05) is 11.6 Å². The van der Waals surface area contributed by atoms with Gasteiger partial charge in [0.1, 0.15) is 0 Å². The number of thiophene rings is 1. The molecule has 2 aromatic heterocycles. The highest BCUT2D eigenvalue weighted by molar-refractivity contribution is 8.93. The molecule has 0 amide bonds. The highest BCUT2D eigenvalue weighted by Gasteiger charge is 1.86. The summed E-state index contributed by atoms with van der Waals surface area (Å²) in [6, 6.07) is 16.1. The van der Waals surface area contributed by atoms with E-state index in [0.29, 0.717) is 0 Å².